The molecule has 1 heterocycles. The van der Waals surface area contributed by atoms with Crippen LogP contribution in [0.2, 0.25) is 0 Å². The normalized spacial score (nSPS) is 17.9. The van der Waals surface area contributed by atoms with Crippen molar-refractivity contribution in [2.45, 2.75) is 51.5 Å². The van der Waals surface area contributed by atoms with E-state index in [0.717, 1.165) is 25.7 Å². The molecule has 1 N–H and O–H groups in total. The molecule has 0 aromatic carbocycles. The maximum atomic E-state index is 12.8. The Labute approximate surface area is 148 Å². The molecular weight excluding hydrogens is 318 g/mol. The lowest BCUT2D eigenvalue weighted by Crippen LogP contribution is -2.36. The monoisotopic (exact) mass is 345 g/mol. The minimum absolute atomic E-state index is 0.0953. The molecule has 0 unspecified atom stereocenters. The molecule has 0 atom stereocenters. The van der Waals surface area contributed by atoms with Crippen LogP contribution >= 0.6 is 0 Å². The van der Waals surface area contributed by atoms with Crippen LogP contribution in [0.5, 0.6) is 0 Å². The Hall–Kier alpha value is -2.11. The lowest BCUT2D eigenvalue weighted by atomic mass is 9.88. The Kier molecular flexibility index (Phi) is 5.89. The first-order valence-electron chi connectivity index (χ1n) is 9.31. The average Bonchev–Trinajstić information content (AvgIpc) is 3.36. The summed E-state index contributed by atoms with van der Waals surface area (Å²) >= 11 is 0. The van der Waals surface area contributed by atoms with Crippen LogP contribution in [0, 0.1) is 11.8 Å². The molecule has 0 spiro atoms. The summed E-state index contributed by atoms with van der Waals surface area (Å²) in [6.45, 7) is 5.24. The number of nitrogens with one attached hydrogen (secondary N) is 1. The third-order valence-electron chi connectivity index (χ3n) is 5.00. The molecule has 136 valence electrons. The SMILES string of the molecule is C=CCN(Cc1cc(C(=O)NCC2CC2)no1)C(=O)C1CCCCC1. The third kappa shape index (κ3) is 4.94. The Balaban J connectivity index is 1.58. The standard InChI is InChI=1S/C19H27N3O3/c1-2-10-22(19(24)15-6-4-3-5-7-15)13-16-11-17(21-25-16)18(23)20-12-14-8-9-14/h2,11,14-15H,1,3-10,12-13H2,(H,20,23). The second-order valence-corrected chi connectivity index (χ2v) is 7.17. The van der Waals surface area contributed by atoms with E-state index in [-0.39, 0.29) is 23.4 Å². The zero-order valence-corrected chi connectivity index (χ0v) is 14.7. The quantitative estimate of drug-likeness (QED) is 0.735. The van der Waals surface area contributed by atoms with Crippen molar-refractivity contribution in [3.8, 4) is 0 Å². The van der Waals surface area contributed by atoms with E-state index in [1.165, 1.54) is 19.3 Å². The number of amides is 2. The van der Waals surface area contributed by atoms with Gasteiger partial charge in [0.15, 0.2) is 11.5 Å². The summed E-state index contributed by atoms with van der Waals surface area (Å²) < 4.78 is 5.28. The van der Waals surface area contributed by atoms with Crippen molar-refractivity contribution < 1.29 is 14.1 Å². The Morgan fingerprint density at radius 1 is 1.28 bits per heavy atom. The first-order valence-corrected chi connectivity index (χ1v) is 9.31. The fourth-order valence-corrected chi connectivity index (χ4v) is 3.33. The summed E-state index contributed by atoms with van der Waals surface area (Å²) in [5.74, 6) is 1.18. The van der Waals surface area contributed by atoms with Gasteiger partial charge >= 0.3 is 0 Å². The lowest BCUT2D eigenvalue weighted by molar-refractivity contribution is -0.136. The number of aromatic nitrogens is 1. The van der Waals surface area contributed by atoms with Gasteiger partial charge in [-0.25, -0.2) is 0 Å². The maximum absolute atomic E-state index is 12.8. The topological polar surface area (TPSA) is 75.4 Å². The number of nitrogens with zero attached hydrogens (tertiary/aromatic N) is 2. The molecule has 6 heteroatoms. The van der Waals surface area contributed by atoms with Gasteiger partial charge in [-0.2, -0.15) is 0 Å². The second-order valence-electron chi connectivity index (χ2n) is 7.17. The molecule has 1 aromatic rings. The maximum Gasteiger partial charge on any atom is 0.273 e. The van der Waals surface area contributed by atoms with Crippen LogP contribution in [-0.4, -0.2) is 35.0 Å². The third-order valence-corrected chi connectivity index (χ3v) is 5.00. The van der Waals surface area contributed by atoms with E-state index >= 15 is 0 Å². The van der Waals surface area contributed by atoms with Gasteiger partial charge in [-0.1, -0.05) is 30.5 Å². The minimum atomic E-state index is -0.212. The summed E-state index contributed by atoms with van der Waals surface area (Å²) in [6, 6.07) is 1.63. The number of carbonyl (C=O) groups is 2. The molecule has 0 aliphatic heterocycles. The summed E-state index contributed by atoms with van der Waals surface area (Å²) in [7, 11) is 0. The molecule has 2 amide bonds. The first kappa shape index (κ1) is 17.7. The summed E-state index contributed by atoms with van der Waals surface area (Å²) in [4.78, 5) is 26.6. The molecule has 0 saturated heterocycles. The van der Waals surface area contributed by atoms with E-state index in [9.17, 15) is 9.59 Å². The van der Waals surface area contributed by atoms with Gasteiger partial charge in [-0.15, -0.1) is 6.58 Å². The fraction of sp³-hybridized carbons (Fsp3) is 0.632. The van der Waals surface area contributed by atoms with E-state index in [1.54, 1.807) is 17.0 Å². The second kappa shape index (κ2) is 8.32. The van der Waals surface area contributed by atoms with Crippen molar-refractivity contribution in [1.29, 1.82) is 0 Å². The van der Waals surface area contributed by atoms with Gasteiger partial charge in [0, 0.05) is 25.1 Å². The van der Waals surface area contributed by atoms with Crippen molar-refractivity contribution >= 4 is 11.8 Å². The minimum Gasteiger partial charge on any atom is -0.359 e. The molecule has 6 nitrogen and oxygen atoms in total. The zero-order valence-electron chi connectivity index (χ0n) is 14.7. The smallest absolute Gasteiger partial charge is 0.273 e. The molecule has 2 aliphatic carbocycles. The number of carbonyl (C=O) groups excluding carboxylic acids is 2. The molecular formula is C19H27N3O3. The van der Waals surface area contributed by atoms with Crippen LogP contribution in [-0.2, 0) is 11.3 Å². The highest BCUT2D eigenvalue weighted by Gasteiger charge is 2.27. The molecule has 0 radical (unpaired) electrons. The Bertz CT molecular complexity index is 615. The zero-order chi connectivity index (χ0) is 17.6. The number of hydrogen-bond donors (Lipinski definition) is 1. The largest absolute Gasteiger partial charge is 0.359 e. The van der Waals surface area contributed by atoms with E-state index in [0.29, 0.717) is 31.3 Å². The van der Waals surface area contributed by atoms with Crippen LogP contribution in [0.25, 0.3) is 0 Å². The van der Waals surface area contributed by atoms with Crippen molar-refractivity contribution in [1.82, 2.24) is 15.4 Å². The Morgan fingerprint density at radius 2 is 2.04 bits per heavy atom. The highest BCUT2D eigenvalue weighted by Crippen LogP contribution is 2.28. The average molecular weight is 345 g/mol. The van der Waals surface area contributed by atoms with Crippen LogP contribution in [0.15, 0.2) is 23.2 Å². The van der Waals surface area contributed by atoms with Crippen LogP contribution in [0.1, 0.15) is 61.2 Å². The summed E-state index contributed by atoms with van der Waals surface area (Å²) in [5, 5.41) is 6.72. The predicted octanol–water partition coefficient (Wildman–Crippen LogP) is 2.91. The van der Waals surface area contributed by atoms with Crippen molar-refractivity contribution in [2.75, 3.05) is 13.1 Å². The molecule has 1 aromatic heterocycles. The first-order chi connectivity index (χ1) is 12.2. The highest BCUT2D eigenvalue weighted by molar-refractivity contribution is 5.92. The van der Waals surface area contributed by atoms with Gasteiger partial charge in [0.05, 0.1) is 6.54 Å². The lowest BCUT2D eigenvalue weighted by Gasteiger charge is -2.27. The molecule has 2 fully saturated rings. The van der Waals surface area contributed by atoms with Gasteiger partial charge in [0.1, 0.15) is 0 Å². The van der Waals surface area contributed by atoms with Crippen LogP contribution in [0.3, 0.4) is 0 Å². The Morgan fingerprint density at radius 3 is 2.72 bits per heavy atom. The van der Waals surface area contributed by atoms with Gasteiger partial charge in [0.2, 0.25) is 5.91 Å². The van der Waals surface area contributed by atoms with Gasteiger partial charge in [-0.3, -0.25) is 9.59 Å². The van der Waals surface area contributed by atoms with E-state index in [1.807, 2.05) is 0 Å². The van der Waals surface area contributed by atoms with Crippen LogP contribution < -0.4 is 5.32 Å². The number of hydrogen-bond acceptors (Lipinski definition) is 4. The number of rotatable bonds is 8. The van der Waals surface area contributed by atoms with Gasteiger partial charge in [0.25, 0.3) is 5.91 Å². The molecule has 2 saturated carbocycles. The molecule has 2 aliphatic rings. The summed E-state index contributed by atoms with van der Waals surface area (Å²) in [5.41, 5.74) is 0.277. The van der Waals surface area contributed by atoms with E-state index in [2.05, 4.69) is 17.1 Å². The summed E-state index contributed by atoms with van der Waals surface area (Å²) in [6.07, 6.45) is 9.45. The fourth-order valence-electron chi connectivity index (χ4n) is 3.33. The van der Waals surface area contributed by atoms with Crippen molar-refractivity contribution in [3.63, 3.8) is 0 Å². The predicted molar refractivity (Wildman–Crippen MR) is 93.7 cm³/mol. The molecule has 25 heavy (non-hydrogen) atoms. The van der Waals surface area contributed by atoms with E-state index in [4.69, 9.17) is 4.52 Å². The van der Waals surface area contributed by atoms with Gasteiger partial charge < -0.3 is 14.7 Å². The highest BCUT2D eigenvalue weighted by atomic mass is 16.5. The van der Waals surface area contributed by atoms with Crippen molar-refractivity contribution in [3.05, 3.63) is 30.2 Å². The van der Waals surface area contributed by atoms with Crippen LogP contribution in [0.4, 0.5) is 0 Å². The molecule has 0 bridgehead atoms. The van der Waals surface area contributed by atoms with Gasteiger partial charge in [-0.05, 0) is 31.6 Å². The van der Waals surface area contributed by atoms with Crippen molar-refractivity contribution in [2.24, 2.45) is 11.8 Å². The molecule has 3 rings (SSSR count). The van der Waals surface area contributed by atoms with E-state index < -0.39 is 0 Å².